The Kier molecular flexibility index (Phi) is 6.47. The minimum atomic E-state index is -3.62. The van der Waals surface area contributed by atoms with Crippen molar-refractivity contribution in [1.82, 2.24) is 9.80 Å². The molecule has 1 aliphatic heterocycles. The molecule has 0 aromatic heterocycles. The van der Waals surface area contributed by atoms with Crippen molar-refractivity contribution in [2.45, 2.75) is 20.0 Å². The number of hydrogen-bond acceptors (Lipinski definition) is 5. The molecule has 0 unspecified atom stereocenters. The lowest BCUT2D eigenvalue weighted by molar-refractivity contribution is -0.133. The summed E-state index contributed by atoms with van der Waals surface area (Å²) >= 11 is 0. The Balaban J connectivity index is 2.10. The second-order valence-corrected chi connectivity index (χ2v) is 8.36. The van der Waals surface area contributed by atoms with E-state index in [-0.39, 0.29) is 18.6 Å². The topological polar surface area (TPSA) is 87.2 Å². The molecule has 8 nitrogen and oxygen atoms in total. The van der Waals surface area contributed by atoms with Gasteiger partial charge in [-0.3, -0.25) is 13.9 Å². The summed E-state index contributed by atoms with van der Waals surface area (Å²) in [7, 11) is -3.62. The molecular formula is C17H25N3O5S. The summed E-state index contributed by atoms with van der Waals surface area (Å²) in [5.41, 5.74) is 0.406. The predicted octanol–water partition coefficient (Wildman–Crippen LogP) is 0.540. The van der Waals surface area contributed by atoms with Gasteiger partial charge >= 0.3 is 0 Å². The Morgan fingerprint density at radius 2 is 1.77 bits per heavy atom. The first kappa shape index (κ1) is 20.0. The zero-order valence-electron chi connectivity index (χ0n) is 15.3. The fourth-order valence-electron chi connectivity index (χ4n) is 2.66. The highest BCUT2D eigenvalue weighted by molar-refractivity contribution is 7.92. The average molecular weight is 383 g/mol. The number of anilines is 1. The van der Waals surface area contributed by atoms with Gasteiger partial charge in [-0.25, -0.2) is 8.42 Å². The summed E-state index contributed by atoms with van der Waals surface area (Å²) in [6, 6.07) is 6.61. The maximum atomic E-state index is 12.5. The van der Waals surface area contributed by atoms with Gasteiger partial charge in [0.15, 0.2) is 0 Å². The van der Waals surface area contributed by atoms with Crippen LogP contribution < -0.4 is 9.04 Å². The number of ether oxygens (including phenoxy) is 1. The molecule has 2 amide bonds. The van der Waals surface area contributed by atoms with Gasteiger partial charge in [0.25, 0.3) is 0 Å². The molecule has 26 heavy (non-hydrogen) atoms. The van der Waals surface area contributed by atoms with Crippen LogP contribution in [-0.2, 0) is 19.6 Å². The molecule has 1 heterocycles. The third-order valence-electron chi connectivity index (χ3n) is 3.99. The highest BCUT2D eigenvalue weighted by atomic mass is 32.2. The molecule has 0 N–H and O–H groups in total. The lowest BCUT2D eigenvalue weighted by Gasteiger charge is -2.34. The molecule has 1 aromatic rings. The average Bonchev–Trinajstić information content (AvgIpc) is 2.59. The predicted molar refractivity (Wildman–Crippen MR) is 98.6 cm³/mol. The Morgan fingerprint density at radius 1 is 1.19 bits per heavy atom. The maximum absolute atomic E-state index is 12.5. The van der Waals surface area contributed by atoms with Crippen LogP contribution in [0.3, 0.4) is 0 Å². The molecule has 1 aliphatic rings. The van der Waals surface area contributed by atoms with E-state index in [9.17, 15) is 18.0 Å². The van der Waals surface area contributed by atoms with E-state index in [0.717, 1.165) is 17.0 Å². The second kappa shape index (κ2) is 8.39. The lowest BCUT2D eigenvalue weighted by atomic mass is 10.3. The van der Waals surface area contributed by atoms with Crippen molar-refractivity contribution in [3.8, 4) is 5.75 Å². The Morgan fingerprint density at radius 3 is 2.23 bits per heavy atom. The highest BCUT2D eigenvalue weighted by Crippen LogP contribution is 2.22. The number of rotatable bonds is 7. The fourth-order valence-corrected chi connectivity index (χ4v) is 3.51. The van der Waals surface area contributed by atoms with Gasteiger partial charge in [-0.2, -0.15) is 0 Å². The minimum Gasteiger partial charge on any atom is -0.491 e. The summed E-state index contributed by atoms with van der Waals surface area (Å²) in [5, 5.41) is 0. The van der Waals surface area contributed by atoms with Gasteiger partial charge in [-0.05, 0) is 38.1 Å². The van der Waals surface area contributed by atoms with E-state index in [1.54, 1.807) is 34.1 Å². The first-order chi connectivity index (χ1) is 12.2. The highest BCUT2D eigenvalue weighted by Gasteiger charge is 2.26. The van der Waals surface area contributed by atoms with Crippen molar-refractivity contribution in [1.29, 1.82) is 0 Å². The zero-order valence-corrected chi connectivity index (χ0v) is 16.1. The van der Waals surface area contributed by atoms with E-state index in [1.165, 1.54) is 0 Å². The molecule has 0 radical (unpaired) electrons. The number of piperazine rings is 1. The van der Waals surface area contributed by atoms with Crippen LogP contribution >= 0.6 is 0 Å². The molecule has 0 saturated carbocycles. The number of benzene rings is 1. The molecule has 1 saturated heterocycles. The first-order valence-electron chi connectivity index (χ1n) is 8.42. The molecule has 9 heteroatoms. The molecule has 1 aromatic carbocycles. The second-order valence-electron chi connectivity index (χ2n) is 6.45. The van der Waals surface area contributed by atoms with Crippen LogP contribution in [0.15, 0.2) is 24.3 Å². The van der Waals surface area contributed by atoms with Crippen LogP contribution in [-0.4, -0.2) is 75.6 Å². The lowest BCUT2D eigenvalue weighted by Crippen LogP contribution is -2.51. The zero-order chi connectivity index (χ0) is 19.3. The Hall–Kier alpha value is -2.29. The fraction of sp³-hybridized carbons (Fsp3) is 0.529. The number of amides is 2. The molecule has 2 rings (SSSR count). The van der Waals surface area contributed by atoms with Crippen LogP contribution in [0.2, 0.25) is 0 Å². The summed E-state index contributed by atoms with van der Waals surface area (Å²) < 4.78 is 31.0. The van der Waals surface area contributed by atoms with Gasteiger partial charge in [-0.15, -0.1) is 0 Å². The summed E-state index contributed by atoms with van der Waals surface area (Å²) in [6.45, 7) is 5.24. The van der Waals surface area contributed by atoms with Gasteiger partial charge < -0.3 is 14.5 Å². The Labute approximate surface area is 154 Å². The molecule has 0 aliphatic carbocycles. The molecule has 0 spiro atoms. The van der Waals surface area contributed by atoms with Crippen molar-refractivity contribution in [2.24, 2.45) is 0 Å². The largest absolute Gasteiger partial charge is 0.491 e. The van der Waals surface area contributed by atoms with Gasteiger partial charge in [0, 0.05) is 26.2 Å². The summed E-state index contributed by atoms with van der Waals surface area (Å²) in [6.07, 6.45) is 1.84. The molecule has 1 fully saturated rings. The number of sulfonamides is 1. The number of nitrogens with zero attached hydrogens (tertiary/aromatic N) is 3. The van der Waals surface area contributed by atoms with E-state index in [4.69, 9.17) is 4.74 Å². The van der Waals surface area contributed by atoms with Crippen molar-refractivity contribution < 1.29 is 22.7 Å². The molecule has 0 bridgehead atoms. The van der Waals surface area contributed by atoms with Gasteiger partial charge in [0.1, 0.15) is 12.3 Å². The van der Waals surface area contributed by atoms with Crippen molar-refractivity contribution in [2.75, 3.05) is 43.3 Å². The molecular weight excluding hydrogens is 358 g/mol. The minimum absolute atomic E-state index is 0.0125. The van der Waals surface area contributed by atoms with Crippen molar-refractivity contribution in [3.05, 3.63) is 24.3 Å². The standard InChI is InChI=1S/C17H25N3O5S/c1-14(2)25-16-6-4-15(5-7-16)20(26(3,23)24)12-17(22)19-10-8-18(13-21)9-11-19/h4-7,13-14H,8-12H2,1-3H3. The first-order valence-corrected chi connectivity index (χ1v) is 10.3. The van der Waals surface area contributed by atoms with Gasteiger partial charge in [0.05, 0.1) is 18.0 Å². The molecule has 144 valence electrons. The normalized spacial score (nSPS) is 15.1. The smallest absolute Gasteiger partial charge is 0.243 e. The quantitative estimate of drug-likeness (QED) is 0.642. The van der Waals surface area contributed by atoms with Crippen LogP contribution in [0.4, 0.5) is 5.69 Å². The monoisotopic (exact) mass is 383 g/mol. The van der Waals surface area contributed by atoms with E-state index < -0.39 is 10.0 Å². The number of carbonyl (C=O) groups excluding carboxylic acids is 2. The van der Waals surface area contributed by atoms with E-state index in [0.29, 0.717) is 37.6 Å². The molecule has 0 atom stereocenters. The van der Waals surface area contributed by atoms with Gasteiger partial charge in [-0.1, -0.05) is 0 Å². The summed E-state index contributed by atoms with van der Waals surface area (Å²) in [4.78, 5) is 26.4. The third-order valence-corrected chi connectivity index (χ3v) is 5.13. The van der Waals surface area contributed by atoms with Crippen LogP contribution in [0.1, 0.15) is 13.8 Å². The van der Waals surface area contributed by atoms with Crippen molar-refractivity contribution in [3.63, 3.8) is 0 Å². The van der Waals surface area contributed by atoms with E-state index in [1.807, 2.05) is 13.8 Å². The van der Waals surface area contributed by atoms with E-state index in [2.05, 4.69) is 0 Å². The maximum Gasteiger partial charge on any atom is 0.243 e. The number of carbonyl (C=O) groups is 2. The van der Waals surface area contributed by atoms with Gasteiger partial charge in [0.2, 0.25) is 22.3 Å². The van der Waals surface area contributed by atoms with Crippen molar-refractivity contribution >= 4 is 28.0 Å². The number of hydrogen-bond donors (Lipinski definition) is 0. The van der Waals surface area contributed by atoms with E-state index >= 15 is 0 Å². The Bertz CT molecular complexity index is 725. The van der Waals surface area contributed by atoms with Crippen LogP contribution in [0.25, 0.3) is 0 Å². The van der Waals surface area contributed by atoms with Crippen LogP contribution in [0, 0.1) is 0 Å². The van der Waals surface area contributed by atoms with Crippen LogP contribution in [0.5, 0.6) is 5.75 Å². The third kappa shape index (κ3) is 5.35. The summed E-state index contributed by atoms with van der Waals surface area (Å²) in [5.74, 6) is 0.344. The SMILES string of the molecule is CC(C)Oc1ccc(N(CC(=O)N2CCN(C=O)CC2)S(C)(=O)=O)cc1.